The fourth-order valence-electron chi connectivity index (χ4n) is 2.16. The highest BCUT2D eigenvalue weighted by molar-refractivity contribution is 5.86. The third kappa shape index (κ3) is 6.94. The molecule has 0 aliphatic heterocycles. The number of rotatable bonds is 3. The molecule has 0 saturated carbocycles. The van der Waals surface area contributed by atoms with Crippen molar-refractivity contribution in [2.45, 2.75) is 72.6 Å². The van der Waals surface area contributed by atoms with Crippen LogP contribution < -0.4 is 5.32 Å². The highest BCUT2D eigenvalue weighted by Gasteiger charge is 2.24. The van der Waals surface area contributed by atoms with Gasteiger partial charge in [-0.1, -0.05) is 12.1 Å². The normalized spacial score (nSPS) is 13.0. The van der Waals surface area contributed by atoms with Crippen LogP contribution in [0, 0.1) is 6.92 Å². The standard InChI is InChI=1S/C20H32N2O4/c1-13-10-11-15(12-16(13)21-17(23)25-19(3,4)5)14(2)22(9)18(24)26-20(6,7)8/h10-12,14H,1-9H3,(H,21,23)/t14-/m0/s1. The number of aryl methyl sites for hydroxylation is 1. The van der Waals surface area contributed by atoms with Crippen LogP contribution in [-0.2, 0) is 9.47 Å². The first-order valence-electron chi connectivity index (χ1n) is 8.76. The Morgan fingerprint density at radius 2 is 1.58 bits per heavy atom. The van der Waals surface area contributed by atoms with Crippen LogP contribution in [-0.4, -0.2) is 35.3 Å². The van der Waals surface area contributed by atoms with E-state index in [4.69, 9.17) is 9.47 Å². The minimum Gasteiger partial charge on any atom is -0.444 e. The van der Waals surface area contributed by atoms with Crippen molar-refractivity contribution in [3.8, 4) is 0 Å². The van der Waals surface area contributed by atoms with Gasteiger partial charge in [-0.3, -0.25) is 5.32 Å². The van der Waals surface area contributed by atoms with Crippen molar-refractivity contribution in [1.29, 1.82) is 0 Å². The lowest BCUT2D eigenvalue weighted by Crippen LogP contribution is -2.35. The van der Waals surface area contributed by atoms with Crippen LogP contribution in [0.15, 0.2) is 18.2 Å². The number of anilines is 1. The van der Waals surface area contributed by atoms with Gasteiger partial charge >= 0.3 is 12.2 Å². The molecule has 0 radical (unpaired) electrons. The molecule has 1 aromatic carbocycles. The molecule has 146 valence electrons. The van der Waals surface area contributed by atoms with E-state index in [1.165, 1.54) is 4.90 Å². The van der Waals surface area contributed by atoms with Crippen molar-refractivity contribution in [2.75, 3.05) is 12.4 Å². The van der Waals surface area contributed by atoms with Gasteiger partial charge in [-0.05, 0) is 72.6 Å². The number of carbonyl (C=O) groups excluding carboxylic acids is 2. The third-order valence-electron chi connectivity index (χ3n) is 3.64. The summed E-state index contributed by atoms with van der Waals surface area (Å²) in [6.07, 6.45) is -0.905. The molecule has 2 amide bonds. The Balaban J connectivity index is 2.94. The maximum Gasteiger partial charge on any atom is 0.412 e. The van der Waals surface area contributed by atoms with E-state index in [2.05, 4.69) is 5.32 Å². The lowest BCUT2D eigenvalue weighted by molar-refractivity contribution is 0.0233. The van der Waals surface area contributed by atoms with Crippen LogP contribution in [0.2, 0.25) is 0 Å². The summed E-state index contributed by atoms with van der Waals surface area (Å²) < 4.78 is 10.7. The van der Waals surface area contributed by atoms with Crippen LogP contribution in [0.4, 0.5) is 15.3 Å². The smallest absolute Gasteiger partial charge is 0.412 e. The monoisotopic (exact) mass is 364 g/mol. The molecule has 0 heterocycles. The van der Waals surface area contributed by atoms with Crippen LogP contribution in [0.25, 0.3) is 0 Å². The molecule has 1 aromatic rings. The number of nitrogens with zero attached hydrogens (tertiary/aromatic N) is 1. The summed E-state index contributed by atoms with van der Waals surface area (Å²) in [5, 5.41) is 2.77. The summed E-state index contributed by atoms with van der Waals surface area (Å²) in [7, 11) is 1.69. The Kier molecular flexibility index (Phi) is 6.69. The average molecular weight is 364 g/mol. The van der Waals surface area contributed by atoms with Gasteiger partial charge in [0.05, 0.1) is 6.04 Å². The van der Waals surface area contributed by atoms with E-state index in [1.54, 1.807) is 7.05 Å². The number of carbonyl (C=O) groups is 2. The van der Waals surface area contributed by atoms with Gasteiger partial charge < -0.3 is 14.4 Å². The maximum absolute atomic E-state index is 12.3. The van der Waals surface area contributed by atoms with Gasteiger partial charge in [0.2, 0.25) is 0 Å². The zero-order valence-corrected chi connectivity index (χ0v) is 17.4. The summed E-state index contributed by atoms with van der Waals surface area (Å²) in [6, 6.07) is 5.47. The highest BCUT2D eigenvalue weighted by Crippen LogP contribution is 2.26. The first kappa shape index (κ1) is 21.8. The largest absolute Gasteiger partial charge is 0.444 e. The van der Waals surface area contributed by atoms with Crippen molar-refractivity contribution in [3.05, 3.63) is 29.3 Å². The van der Waals surface area contributed by atoms with Crippen molar-refractivity contribution in [3.63, 3.8) is 0 Å². The Morgan fingerprint density at radius 1 is 1.04 bits per heavy atom. The quantitative estimate of drug-likeness (QED) is 0.793. The number of amides is 2. The molecule has 0 saturated heterocycles. The zero-order chi connectivity index (χ0) is 20.3. The molecule has 0 spiro atoms. The molecular weight excluding hydrogens is 332 g/mol. The average Bonchev–Trinajstić information content (AvgIpc) is 2.44. The van der Waals surface area contributed by atoms with E-state index < -0.39 is 23.4 Å². The second-order valence-corrected chi connectivity index (χ2v) is 8.47. The predicted molar refractivity (Wildman–Crippen MR) is 103 cm³/mol. The molecule has 0 fully saturated rings. The van der Waals surface area contributed by atoms with Gasteiger partial charge in [0.1, 0.15) is 11.2 Å². The molecular formula is C20H32N2O4. The molecule has 0 aliphatic carbocycles. The van der Waals surface area contributed by atoms with Crippen LogP contribution >= 0.6 is 0 Å². The molecule has 1 N–H and O–H groups in total. The Labute approximate surface area is 156 Å². The van der Waals surface area contributed by atoms with Crippen molar-refractivity contribution < 1.29 is 19.1 Å². The van der Waals surface area contributed by atoms with Gasteiger partial charge in [0.25, 0.3) is 0 Å². The third-order valence-corrected chi connectivity index (χ3v) is 3.64. The first-order chi connectivity index (χ1) is 11.7. The van der Waals surface area contributed by atoms with Gasteiger partial charge in [-0.2, -0.15) is 0 Å². The minimum atomic E-state index is -0.570. The minimum absolute atomic E-state index is 0.218. The second-order valence-electron chi connectivity index (χ2n) is 8.47. The second kappa shape index (κ2) is 7.98. The summed E-state index contributed by atoms with van der Waals surface area (Å²) in [5.74, 6) is 0. The van der Waals surface area contributed by atoms with E-state index in [-0.39, 0.29) is 6.04 Å². The van der Waals surface area contributed by atoms with Crippen molar-refractivity contribution in [1.82, 2.24) is 4.90 Å². The summed E-state index contributed by atoms with van der Waals surface area (Å²) in [5.41, 5.74) is 1.32. The molecule has 1 rings (SSSR count). The van der Waals surface area contributed by atoms with E-state index in [0.29, 0.717) is 5.69 Å². The Bertz CT molecular complexity index is 657. The first-order valence-corrected chi connectivity index (χ1v) is 8.76. The summed E-state index contributed by atoms with van der Waals surface area (Å²) >= 11 is 0. The van der Waals surface area contributed by atoms with Gasteiger partial charge in [0.15, 0.2) is 0 Å². The molecule has 0 aromatic heterocycles. The van der Waals surface area contributed by atoms with E-state index in [1.807, 2.05) is 73.6 Å². The van der Waals surface area contributed by atoms with Crippen LogP contribution in [0.5, 0.6) is 0 Å². The SMILES string of the molecule is Cc1ccc([C@H](C)N(C)C(=O)OC(C)(C)C)cc1NC(=O)OC(C)(C)C. The Morgan fingerprint density at radius 3 is 2.08 bits per heavy atom. The maximum atomic E-state index is 12.3. The molecule has 26 heavy (non-hydrogen) atoms. The number of ether oxygens (including phenoxy) is 2. The van der Waals surface area contributed by atoms with Gasteiger partial charge in [-0.15, -0.1) is 0 Å². The van der Waals surface area contributed by atoms with E-state index >= 15 is 0 Å². The van der Waals surface area contributed by atoms with E-state index in [0.717, 1.165) is 11.1 Å². The van der Waals surface area contributed by atoms with Crippen LogP contribution in [0.1, 0.15) is 65.6 Å². The predicted octanol–water partition coefficient (Wildman–Crippen LogP) is 5.27. The summed E-state index contributed by atoms with van der Waals surface area (Å²) in [4.78, 5) is 25.9. The fourth-order valence-corrected chi connectivity index (χ4v) is 2.16. The fraction of sp³-hybridized carbons (Fsp3) is 0.600. The molecule has 6 heteroatoms. The van der Waals surface area contributed by atoms with Gasteiger partial charge in [-0.25, -0.2) is 9.59 Å². The summed E-state index contributed by atoms with van der Waals surface area (Å²) in [6.45, 7) is 14.7. The lowest BCUT2D eigenvalue weighted by Gasteiger charge is -2.29. The lowest BCUT2D eigenvalue weighted by atomic mass is 10.0. The number of benzene rings is 1. The van der Waals surface area contributed by atoms with Crippen LogP contribution in [0.3, 0.4) is 0 Å². The highest BCUT2D eigenvalue weighted by atomic mass is 16.6. The molecule has 0 unspecified atom stereocenters. The number of hydrogen-bond acceptors (Lipinski definition) is 4. The van der Waals surface area contributed by atoms with Crippen molar-refractivity contribution >= 4 is 17.9 Å². The number of nitrogens with one attached hydrogen (secondary N) is 1. The van der Waals surface area contributed by atoms with Crippen molar-refractivity contribution in [2.24, 2.45) is 0 Å². The van der Waals surface area contributed by atoms with E-state index in [9.17, 15) is 9.59 Å². The molecule has 0 bridgehead atoms. The molecule has 0 aliphatic rings. The molecule has 1 atom stereocenters. The zero-order valence-electron chi connectivity index (χ0n) is 17.4. The molecule has 6 nitrogen and oxygen atoms in total. The Hall–Kier alpha value is -2.24. The number of hydrogen-bond donors (Lipinski definition) is 1. The van der Waals surface area contributed by atoms with Gasteiger partial charge in [0, 0.05) is 12.7 Å². The topological polar surface area (TPSA) is 67.9 Å².